The van der Waals surface area contributed by atoms with Crippen LogP contribution in [0.4, 0.5) is 5.69 Å². The van der Waals surface area contributed by atoms with Crippen molar-refractivity contribution >= 4 is 40.6 Å². The predicted octanol–water partition coefficient (Wildman–Crippen LogP) is 5.74. The zero-order valence-electron chi connectivity index (χ0n) is 13.5. The Morgan fingerprint density at radius 2 is 1.81 bits per heavy atom. The number of nitrogens with one attached hydrogen (secondary N) is 1. The van der Waals surface area contributed by atoms with Crippen molar-refractivity contribution in [1.29, 1.82) is 5.26 Å². The van der Waals surface area contributed by atoms with E-state index in [-0.39, 0.29) is 5.57 Å². The van der Waals surface area contributed by atoms with Gasteiger partial charge in [-0.15, -0.1) is 11.3 Å². The highest BCUT2D eigenvalue weighted by atomic mass is 35.5. The van der Waals surface area contributed by atoms with Crippen molar-refractivity contribution in [2.75, 3.05) is 5.32 Å². The lowest BCUT2D eigenvalue weighted by molar-refractivity contribution is -0.112. The molecule has 26 heavy (non-hydrogen) atoms. The van der Waals surface area contributed by atoms with E-state index in [2.05, 4.69) is 5.32 Å². The van der Waals surface area contributed by atoms with Crippen LogP contribution in [0, 0.1) is 11.3 Å². The van der Waals surface area contributed by atoms with Crippen LogP contribution in [0.2, 0.25) is 4.34 Å². The summed E-state index contributed by atoms with van der Waals surface area (Å²) < 4.78 is 6.41. The van der Waals surface area contributed by atoms with Crippen LogP contribution in [0.5, 0.6) is 11.5 Å². The number of anilines is 1. The molecule has 0 unspecified atom stereocenters. The van der Waals surface area contributed by atoms with Gasteiger partial charge in [0.15, 0.2) is 5.75 Å². The molecule has 0 radical (unpaired) electrons. The number of halogens is 1. The second-order valence-corrected chi connectivity index (χ2v) is 6.92. The standard InChI is InChI=1S/C20H13ClN2O2S/c21-19-11-10-16(26-19)12-14(13-22)20(24)23-17-8-4-5-9-18(17)25-15-6-2-1-3-7-15/h1-12H,(H,23,24)/b14-12+. The van der Waals surface area contributed by atoms with Gasteiger partial charge in [-0.2, -0.15) is 5.26 Å². The normalized spacial score (nSPS) is 10.8. The summed E-state index contributed by atoms with van der Waals surface area (Å²) in [4.78, 5) is 13.2. The van der Waals surface area contributed by atoms with Gasteiger partial charge in [0.25, 0.3) is 5.91 Å². The number of carbonyl (C=O) groups excluding carboxylic acids is 1. The van der Waals surface area contributed by atoms with E-state index in [1.807, 2.05) is 42.5 Å². The largest absolute Gasteiger partial charge is 0.455 e. The maximum absolute atomic E-state index is 12.5. The van der Waals surface area contributed by atoms with E-state index in [1.54, 1.807) is 30.3 Å². The first-order chi connectivity index (χ1) is 12.7. The first-order valence-corrected chi connectivity index (χ1v) is 8.85. The molecule has 6 heteroatoms. The van der Waals surface area contributed by atoms with E-state index >= 15 is 0 Å². The molecule has 0 aliphatic carbocycles. The van der Waals surface area contributed by atoms with Crippen LogP contribution in [0.1, 0.15) is 4.88 Å². The van der Waals surface area contributed by atoms with Gasteiger partial charge in [-0.3, -0.25) is 4.79 Å². The van der Waals surface area contributed by atoms with Crippen LogP contribution in [0.3, 0.4) is 0 Å². The summed E-state index contributed by atoms with van der Waals surface area (Å²) >= 11 is 7.18. The van der Waals surface area contributed by atoms with Gasteiger partial charge in [-0.25, -0.2) is 0 Å². The summed E-state index contributed by atoms with van der Waals surface area (Å²) in [5.74, 6) is 0.628. The van der Waals surface area contributed by atoms with Gasteiger partial charge in [0.05, 0.1) is 10.0 Å². The average molecular weight is 381 g/mol. The summed E-state index contributed by atoms with van der Waals surface area (Å²) in [6.07, 6.45) is 1.51. The minimum Gasteiger partial charge on any atom is -0.455 e. The lowest BCUT2D eigenvalue weighted by Gasteiger charge is -2.11. The molecule has 128 valence electrons. The topological polar surface area (TPSA) is 62.1 Å². The Balaban J connectivity index is 1.81. The lowest BCUT2D eigenvalue weighted by Crippen LogP contribution is -2.13. The van der Waals surface area contributed by atoms with Crippen molar-refractivity contribution in [3.8, 4) is 17.6 Å². The first kappa shape index (κ1) is 17.7. The molecule has 1 heterocycles. The number of nitriles is 1. The van der Waals surface area contributed by atoms with Gasteiger partial charge in [0, 0.05) is 4.88 Å². The fourth-order valence-corrected chi connectivity index (χ4v) is 3.17. The van der Waals surface area contributed by atoms with Gasteiger partial charge >= 0.3 is 0 Å². The fraction of sp³-hybridized carbons (Fsp3) is 0. The number of hydrogen-bond donors (Lipinski definition) is 1. The molecular formula is C20H13ClN2O2S. The molecular weight excluding hydrogens is 368 g/mol. The van der Waals surface area contributed by atoms with E-state index in [0.717, 1.165) is 4.88 Å². The second kappa shape index (κ2) is 8.34. The highest BCUT2D eigenvalue weighted by Gasteiger charge is 2.13. The van der Waals surface area contributed by atoms with Crippen LogP contribution in [0.25, 0.3) is 6.08 Å². The Bertz CT molecular complexity index is 990. The van der Waals surface area contributed by atoms with Crippen molar-refractivity contribution < 1.29 is 9.53 Å². The third kappa shape index (κ3) is 4.51. The summed E-state index contributed by atoms with van der Waals surface area (Å²) in [7, 11) is 0. The summed E-state index contributed by atoms with van der Waals surface area (Å²) in [6.45, 7) is 0. The molecule has 0 saturated carbocycles. The summed E-state index contributed by atoms with van der Waals surface area (Å²) in [5, 5.41) is 12.0. The molecule has 3 aromatic rings. The van der Waals surface area contributed by atoms with Gasteiger partial charge in [-0.1, -0.05) is 41.9 Å². The first-order valence-electron chi connectivity index (χ1n) is 7.66. The van der Waals surface area contributed by atoms with E-state index < -0.39 is 5.91 Å². The van der Waals surface area contributed by atoms with Crippen LogP contribution >= 0.6 is 22.9 Å². The third-order valence-corrected chi connectivity index (χ3v) is 4.53. The Morgan fingerprint density at radius 1 is 1.08 bits per heavy atom. The molecule has 0 aliphatic rings. The Morgan fingerprint density at radius 3 is 2.50 bits per heavy atom. The van der Waals surface area contributed by atoms with Gasteiger partial charge in [0.2, 0.25) is 0 Å². The molecule has 0 aliphatic heterocycles. The number of para-hydroxylation sites is 3. The number of carbonyl (C=O) groups is 1. The van der Waals surface area contributed by atoms with Crippen LogP contribution in [0.15, 0.2) is 72.3 Å². The van der Waals surface area contributed by atoms with Crippen molar-refractivity contribution in [2.24, 2.45) is 0 Å². The van der Waals surface area contributed by atoms with Crippen LogP contribution in [-0.4, -0.2) is 5.91 Å². The number of rotatable bonds is 5. The Kier molecular flexibility index (Phi) is 5.69. The lowest BCUT2D eigenvalue weighted by atomic mass is 10.2. The quantitative estimate of drug-likeness (QED) is 0.453. The van der Waals surface area contributed by atoms with Crippen molar-refractivity contribution in [3.63, 3.8) is 0 Å². The zero-order valence-corrected chi connectivity index (χ0v) is 15.1. The molecule has 3 rings (SSSR count). The van der Waals surface area contributed by atoms with E-state index in [1.165, 1.54) is 17.4 Å². The van der Waals surface area contributed by atoms with E-state index in [9.17, 15) is 10.1 Å². The molecule has 1 N–H and O–H groups in total. The monoisotopic (exact) mass is 380 g/mol. The molecule has 4 nitrogen and oxygen atoms in total. The molecule has 2 aromatic carbocycles. The van der Waals surface area contributed by atoms with E-state index in [4.69, 9.17) is 16.3 Å². The fourth-order valence-electron chi connectivity index (χ4n) is 2.16. The van der Waals surface area contributed by atoms with Gasteiger partial charge in [0.1, 0.15) is 17.4 Å². The Hall–Kier alpha value is -3.07. The number of ether oxygens (including phenoxy) is 1. The predicted molar refractivity (Wildman–Crippen MR) is 105 cm³/mol. The molecule has 0 fully saturated rings. The van der Waals surface area contributed by atoms with Crippen LogP contribution in [-0.2, 0) is 4.79 Å². The van der Waals surface area contributed by atoms with Gasteiger partial charge < -0.3 is 10.1 Å². The minimum absolute atomic E-state index is 0.0157. The summed E-state index contributed by atoms with van der Waals surface area (Å²) in [5.41, 5.74) is 0.463. The second-order valence-electron chi connectivity index (χ2n) is 5.18. The van der Waals surface area contributed by atoms with E-state index in [0.29, 0.717) is 21.5 Å². The van der Waals surface area contributed by atoms with Crippen molar-refractivity contribution in [1.82, 2.24) is 0 Å². The third-order valence-electron chi connectivity index (χ3n) is 3.35. The molecule has 0 saturated heterocycles. The average Bonchev–Trinajstić information content (AvgIpc) is 3.07. The zero-order chi connectivity index (χ0) is 18.4. The maximum Gasteiger partial charge on any atom is 0.266 e. The smallest absolute Gasteiger partial charge is 0.266 e. The number of hydrogen-bond acceptors (Lipinski definition) is 4. The minimum atomic E-state index is -0.513. The Labute approximate surface area is 159 Å². The number of amides is 1. The molecule has 1 amide bonds. The number of thiophene rings is 1. The number of nitrogens with zero attached hydrogens (tertiary/aromatic N) is 1. The molecule has 0 spiro atoms. The highest BCUT2D eigenvalue weighted by molar-refractivity contribution is 7.17. The van der Waals surface area contributed by atoms with Gasteiger partial charge in [-0.05, 0) is 42.5 Å². The van der Waals surface area contributed by atoms with Crippen molar-refractivity contribution in [2.45, 2.75) is 0 Å². The SMILES string of the molecule is N#C/C(=C\c1ccc(Cl)s1)C(=O)Nc1ccccc1Oc1ccccc1. The number of benzene rings is 2. The summed E-state index contributed by atoms with van der Waals surface area (Å²) in [6, 6.07) is 21.7. The molecule has 1 aromatic heterocycles. The molecule has 0 atom stereocenters. The van der Waals surface area contributed by atoms with Crippen molar-refractivity contribution in [3.05, 3.63) is 81.5 Å². The molecule has 0 bridgehead atoms. The van der Waals surface area contributed by atoms with Crippen LogP contribution < -0.4 is 10.1 Å². The maximum atomic E-state index is 12.5. The highest BCUT2D eigenvalue weighted by Crippen LogP contribution is 2.30.